The molecule has 2 aromatic carbocycles. The largest absolute Gasteiger partial charge is 0.375 e. The van der Waals surface area contributed by atoms with Crippen LogP contribution in [0.3, 0.4) is 0 Å². The molecule has 0 radical (unpaired) electrons. The van der Waals surface area contributed by atoms with Gasteiger partial charge in [0.25, 0.3) is 5.91 Å². The summed E-state index contributed by atoms with van der Waals surface area (Å²) in [7, 11) is 1.61. The molecule has 1 heterocycles. The number of rotatable bonds is 3. The van der Waals surface area contributed by atoms with E-state index in [0.29, 0.717) is 16.8 Å². The summed E-state index contributed by atoms with van der Waals surface area (Å²) < 4.78 is 0.753. The maximum atomic E-state index is 13.0. The van der Waals surface area contributed by atoms with Gasteiger partial charge in [-0.15, -0.1) is 0 Å². The second-order valence-corrected chi connectivity index (χ2v) is 7.68. The quantitative estimate of drug-likeness (QED) is 0.795. The van der Waals surface area contributed by atoms with Crippen LogP contribution in [0.1, 0.15) is 39.0 Å². The third kappa shape index (κ3) is 2.81. The lowest BCUT2D eigenvalue weighted by Gasteiger charge is -2.22. The standard InChI is InChI=1S/C20H20BrNO3/c1-11-7-12(2)18(13(3)8-11)17(23)10-20(25)15-9-14(21)5-6-16(15)22(4)19(20)24/h5-9,25H,10H2,1-4H3. The highest BCUT2D eigenvalue weighted by molar-refractivity contribution is 9.10. The van der Waals surface area contributed by atoms with Gasteiger partial charge < -0.3 is 10.0 Å². The minimum Gasteiger partial charge on any atom is -0.375 e. The first-order chi connectivity index (χ1) is 11.6. The summed E-state index contributed by atoms with van der Waals surface area (Å²) in [5, 5.41) is 11.1. The SMILES string of the molecule is Cc1cc(C)c(C(=O)CC2(O)C(=O)N(C)c3ccc(Br)cc32)c(C)c1. The Kier molecular flexibility index (Phi) is 4.33. The Bertz CT molecular complexity index is 883. The number of anilines is 1. The number of ketones is 1. The van der Waals surface area contributed by atoms with E-state index in [2.05, 4.69) is 15.9 Å². The summed E-state index contributed by atoms with van der Waals surface area (Å²) in [6, 6.07) is 9.17. The number of benzene rings is 2. The molecule has 5 heteroatoms. The number of nitrogens with zero attached hydrogens (tertiary/aromatic N) is 1. The molecule has 1 aliphatic heterocycles. The number of Topliss-reactive ketones (excluding diaryl/α,β-unsaturated/α-hetero) is 1. The van der Waals surface area contributed by atoms with E-state index in [0.717, 1.165) is 21.2 Å². The fraction of sp³-hybridized carbons (Fsp3) is 0.300. The van der Waals surface area contributed by atoms with Crippen molar-refractivity contribution in [3.63, 3.8) is 0 Å². The van der Waals surface area contributed by atoms with Crippen LogP contribution >= 0.6 is 15.9 Å². The molecule has 3 rings (SSSR count). The van der Waals surface area contributed by atoms with Gasteiger partial charge in [0, 0.05) is 22.6 Å². The van der Waals surface area contributed by atoms with Crippen LogP contribution < -0.4 is 4.90 Å². The zero-order chi connectivity index (χ0) is 18.5. The number of amides is 1. The number of hydrogen-bond acceptors (Lipinski definition) is 3. The molecule has 0 fully saturated rings. The van der Waals surface area contributed by atoms with Gasteiger partial charge in [-0.1, -0.05) is 33.6 Å². The Morgan fingerprint density at radius 1 is 1.16 bits per heavy atom. The van der Waals surface area contributed by atoms with Gasteiger partial charge >= 0.3 is 0 Å². The Labute approximate surface area is 155 Å². The molecular weight excluding hydrogens is 382 g/mol. The number of hydrogen-bond donors (Lipinski definition) is 1. The predicted octanol–water partition coefficient (Wildman–Crippen LogP) is 3.81. The van der Waals surface area contributed by atoms with E-state index in [-0.39, 0.29) is 12.2 Å². The van der Waals surface area contributed by atoms with Gasteiger partial charge in [-0.05, 0) is 50.1 Å². The second kappa shape index (κ2) is 6.07. The summed E-state index contributed by atoms with van der Waals surface area (Å²) in [6.07, 6.45) is -0.273. The number of fused-ring (bicyclic) bond motifs is 1. The fourth-order valence-corrected chi connectivity index (χ4v) is 4.11. The maximum absolute atomic E-state index is 13.0. The minimum absolute atomic E-state index is 0.230. The van der Waals surface area contributed by atoms with E-state index in [4.69, 9.17) is 0 Å². The molecule has 1 amide bonds. The first-order valence-electron chi connectivity index (χ1n) is 8.07. The smallest absolute Gasteiger partial charge is 0.263 e. The van der Waals surface area contributed by atoms with Crippen LogP contribution in [0.15, 0.2) is 34.8 Å². The van der Waals surface area contributed by atoms with Crippen molar-refractivity contribution in [1.29, 1.82) is 0 Å². The fourth-order valence-electron chi connectivity index (χ4n) is 3.75. The lowest BCUT2D eigenvalue weighted by Crippen LogP contribution is -2.40. The van der Waals surface area contributed by atoms with E-state index in [9.17, 15) is 14.7 Å². The van der Waals surface area contributed by atoms with Gasteiger partial charge in [0.1, 0.15) is 0 Å². The van der Waals surface area contributed by atoms with E-state index in [1.165, 1.54) is 4.90 Å². The zero-order valence-corrected chi connectivity index (χ0v) is 16.3. The molecular formula is C20H20BrNO3. The Morgan fingerprint density at radius 3 is 2.36 bits per heavy atom. The molecule has 4 nitrogen and oxygen atoms in total. The minimum atomic E-state index is -1.84. The lowest BCUT2D eigenvalue weighted by molar-refractivity contribution is -0.135. The van der Waals surface area contributed by atoms with Crippen molar-refractivity contribution in [2.75, 3.05) is 11.9 Å². The number of aryl methyl sites for hydroxylation is 3. The molecule has 1 unspecified atom stereocenters. The molecule has 0 aliphatic carbocycles. The van der Waals surface area contributed by atoms with Gasteiger partial charge in [-0.25, -0.2) is 0 Å². The number of likely N-dealkylation sites (N-methyl/N-ethyl adjacent to an activating group) is 1. The van der Waals surface area contributed by atoms with Gasteiger partial charge in [0.2, 0.25) is 0 Å². The first kappa shape index (κ1) is 17.8. The third-order valence-electron chi connectivity index (χ3n) is 4.80. The summed E-state index contributed by atoms with van der Waals surface area (Å²) in [6.45, 7) is 5.74. The Hall–Kier alpha value is -1.98. The Morgan fingerprint density at radius 2 is 1.76 bits per heavy atom. The molecule has 1 atom stereocenters. The van der Waals surface area contributed by atoms with Gasteiger partial charge in [-0.3, -0.25) is 9.59 Å². The van der Waals surface area contributed by atoms with Crippen molar-refractivity contribution in [1.82, 2.24) is 0 Å². The molecule has 0 aromatic heterocycles. The lowest BCUT2D eigenvalue weighted by atomic mass is 9.85. The zero-order valence-electron chi connectivity index (χ0n) is 14.7. The maximum Gasteiger partial charge on any atom is 0.263 e. The van der Waals surface area contributed by atoms with Crippen LogP contribution in [0.25, 0.3) is 0 Å². The van der Waals surface area contributed by atoms with Crippen LogP contribution in [-0.4, -0.2) is 23.8 Å². The molecule has 25 heavy (non-hydrogen) atoms. The molecule has 1 aliphatic rings. The van der Waals surface area contributed by atoms with E-state index in [1.807, 2.05) is 39.0 Å². The topological polar surface area (TPSA) is 57.6 Å². The molecule has 0 saturated carbocycles. The number of carbonyl (C=O) groups excluding carboxylic acids is 2. The summed E-state index contributed by atoms with van der Waals surface area (Å²) in [4.78, 5) is 27.1. The first-order valence-corrected chi connectivity index (χ1v) is 8.86. The Balaban J connectivity index is 2.05. The van der Waals surface area contributed by atoms with E-state index >= 15 is 0 Å². The van der Waals surface area contributed by atoms with Gasteiger partial charge in [-0.2, -0.15) is 0 Å². The van der Waals surface area contributed by atoms with Crippen molar-refractivity contribution in [3.8, 4) is 0 Å². The number of aliphatic hydroxyl groups is 1. The van der Waals surface area contributed by atoms with Gasteiger partial charge in [0.05, 0.1) is 12.1 Å². The summed E-state index contributed by atoms with van der Waals surface area (Å²) in [5.74, 6) is -0.705. The number of halogens is 1. The van der Waals surface area contributed by atoms with Crippen molar-refractivity contribution in [2.24, 2.45) is 0 Å². The van der Waals surface area contributed by atoms with Crippen LogP contribution in [0.4, 0.5) is 5.69 Å². The molecule has 0 saturated heterocycles. The van der Waals surface area contributed by atoms with Crippen molar-refractivity contribution in [2.45, 2.75) is 32.8 Å². The molecule has 1 N–H and O–H groups in total. The van der Waals surface area contributed by atoms with Gasteiger partial charge in [0.15, 0.2) is 11.4 Å². The molecule has 130 valence electrons. The van der Waals surface area contributed by atoms with Crippen molar-refractivity contribution < 1.29 is 14.7 Å². The number of carbonyl (C=O) groups is 2. The van der Waals surface area contributed by atoms with Crippen LogP contribution in [0.2, 0.25) is 0 Å². The van der Waals surface area contributed by atoms with Crippen molar-refractivity contribution >= 4 is 33.3 Å². The molecule has 0 bridgehead atoms. The van der Waals surface area contributed by atoms with Crippen molar-refractivity contribution in [3.05, 3.63) is 62.6 Å². The molecule has 0 spiro atoms. The normalized spacial score (nSPS) is 19.3. The van der Waals surface area contributed by atoms with Crippen LogP contribution in [-0.2, 0) is 10.4 Å². The highest BCUT2D eigenvalue weighted by Gasteiger charge is 2.50. The summed E-state index contributed by atoms with van der Waals surface area (Å²) in [5.41, 5.74) is 2.63. The predicted molar refractivity (Wildman–Crippen MR) is 101 cm³/mol. The van der Waals surface area contributed by atoms with E-state index in [1.54, 1.807) is 19.2 Å². The summed E-state index contributed by atoms with van der Waals surface area (Å²) >= 11 is 3.37. The van der Waals surface area contributed by atoms with Crippen LogP contribution in [0, 0.1) is 20.8 Å². The average molecular weight is 402 g/mol. The monoisotopic (exact) mass is 401 g/mol. The third-order valence-corrected chi connectivity index (χ3v) is 5.29. The highest BCUT2D eigenvalue weighted by atomic mass is 79.9. The second-order valence-electron chi connectivity index (χ2n) is 6.76. The van der Waals surface area contributed by atoms with E-state index < -0.39 is 11.5 Å². The van der Waals surface area contributed by atoms with Crippen LogP contribution in [0.5, 0.6) is 0 Å². The average Bonchev–Trinajstić information content (AvgIpc) is 2.68. The molecule has 2 aromatic rings. The highest BCUT2D eigenvalue weighted by Crippen LogP contribution is 2.43.